The molecule has 2 rings (SSSR count). The van der Waals surface area contributed by atoms with E-state index in [1.165, 1.54) is 0 Å². The molecule has 1 aromatic heterocycles. The van der Waals surface area contributed by atoms with Gasteiger partial charge in [-0.25, -0.2) is 0 Å². The van der Waals surface area contributed by atoms with Gasteiger partial charge in [0.2, 0.25) is 0 Å². The molecule has 0 aliphatic heterocycles. The third-order valence-electron chi connectivity index (χ3n) is 2.34. The molecule has 0 atom stereocenters. The number of pyridine rings is 1. The van der Waals surface area contributed by atoms with Crippen molar-refractivity contribution in [1.82, 2.24) is 4.98 Å². The molecule has 1 aromatic carbocycles. The van der Waals surface area contributed by atoms with Crippen molar-refractivity contribution in [3.8, 4) is 5.75 Å². The van der Waals surface area contributed by atoms with Crippen molar-refractivity contribution in [2.45, 2.75) is 0 Å². The predicted molar refractivity (Wildman–Crippen MR) is 72.9 cm³/mol. The number of anilines is 1. The van der Waals surface area contributed by atoms with E-state index >= 15 is 0 Å². The maximum atomic E-state index is 12.1. The largest absolute Gasteiger partial charge is 0.497 e. The summed E-state index contributed by atoms with van der Waals surface area (Å²) in [6, 6.07) is 8.77. The number of nitrogens with one attached hydrogen (secondary N) is 1. The number of hydrogen-bond acceptors (Lipinski definition) is 3. The summed E-state index contributed by atoms with van der Waals surface area (Å²) >= 11 is 3.34. The fourth-order valence-corrected chi connectivity index (χ4v) is 1.87. The minimum Gasteiger partial charge on any atom is -0.497 e. The van der Waals surface area contributed by atoms with E-state index in [0.29, 0.717) is 21.5 Å². The lowest BCUT2D eigenvalue weighted by Gasteiger charge is -2.08. The molecule has 1 N–H and O–H groups in total. The van der Waals surface area contributed by atoms with Gasteiger partial charge in [-0.05, 0) is 46.3 Å². The van der Waals surface area contributed by atoms with Crippen molar-refractivity contribution >= 4 is 27.5 Å². The topological polar surface area (TPSA) is 51.2 Å². The second-order valence-corrected chi connectivity index (χ2v) is 4.40. The fourth-order valence-electron chi connectivity index (χ4n) is 1.44. The van der Waals surface area contributed by atoms with Crippen LogP contribution in [0.1, 0.15) is 10.4 Å². The van der Waals surface area contributed by atoms with E-state index in [4.69, 9.17) is 4.74 Å². The van der Waals surface area contributed by atoms with Crippen LogP contribution in [0.25, 0.3) is 0 Å². The van der Waals surface area contributed by atoms with E-state index in [0.717, 1.165) is 0 Å². The van der Waals surface area contributed by atoms with Gasteiger partial charge >= 0.3 is 0 Å². The van der Waals surface area contributed by atoms with Crippen LogP contribution in [0.3, 0.4) is 0 Å². The fraction of sp³-hybridized carbons (Fsp3) is 0.0769. The Bertz CT molecular complexity index is 558. The second-order valence-electron chi connectivity index (χ2n) is 3.54. The van der Waals surface area contributed by atoms with Crippen LogP contribution in [0.2, 0.25) is 0 Å². The number of carbonyl (C=O) groups excluding carboxylic acids is 1. The van der Waals surface area contributed by atoms with Crippen molar-refractivity contribution in [3.63, 3.8) is 0 Å². The molecule has 0 aliphatic carbocycles. The molecule has 0 unspecified atom stereocenters. The van der Waals surface area contributed by atoms with Crippen molar-refractivity contribution < 1.29 is 9.53 Å². The van der Waals surface area contributed by atoms with Crippen LogP contribution in [-0.4, -0.2) is 18.0 Å². The number of methoxy groups -OCH3 is 1. The lowest BCUT2D eigenvalue weighted by molar-refractivity contribution is 0.102. The zero-order valence-electron chi connectivity index (χ0n) is 9.68. The summed E-state index contributed by atoms with van der Waals surface area (Å²) in [5.74, 6) is 0.420. The molecule has 2 aromatic rings. The highest BCUT2D eigenvalue weighted by molar-refractivity contribution is 9.10. The smallest absolute Gasteiger partial charge is 0.256 e. The minimum atomic E-state index is -0.214. The Morgan fingerprint density at radius 1 is 1.39 bits per heavy atom. The van der Waals surface area contributed by atoms with Crippen LogP contribution in [-0.2, 0) is 0 Å². The molecule has 0 radical (unpaired) electrons. The second kappa shape index (κ2) is 5.64. The van der Waals surface area contributed by atoms with Gasteiger partial charge in [0.15, 0.2) is 0 Å². The first-order chi connectivity index (χ1) is 8.70. The summed E-state index contributed by atoms with van der Waals surface area (Å²) in [7, 11) is 1.56. The molecular weight excluding hydrogens is 296 g/mol. The molecule has 0 spiro atoms. The van der Waals surface area contributed by atoms with E-state index < -0.39 is 0 Å². The number of nitrogens with zero attached hydrogens (tertiary/aromatic N) is 1. The lowest BCUT2D eigenvalue weighted by Crippen LogP contribution is -2.12. The van der Waals surface area contributed by atoms with Gasteiger partial charge in [0.1, 0.15) is 5.75 Å². The average molecular weight is 307 g/mol. The van der Waals surface area contributed by atoms with Crippen LogP contribution < -0.4 is 10.1 Å². The summed E-state index contributed by atoms with van der Waals surface area (Å²) in [6.45, 7) is 0. The van der Waals surface area contributed by atoms with Crippen molar-refractivity contribution in [3.05, 3.63) is 52.8 Å². The summed E-state index contributed by atoms with van der Waals surface area (Å²) < 4.78 is 5.81. The highest BCUT2D eigenvalue weighted by Crippen LogP contribution is 2.23. The van der Waals surface area contributed by atoms with Gasteiger partial charge in [0.25, 0.3) is 5.91 Å². The molecular formula is C13H11BrN2O2. The van der Waals surface area contributed by atoms with E-state index in [2.05, 4.69) is 26.2 Å². The summed E-state index contributed by atoms with van der Waals surface area (Å²) in [5, 5.41) is 2.76. The minimum absolute atomic E-state index is 0.214. The van der Waals surface area contributed by atoms with E-state index in [-0.39, 0.29) is 5.91 Å². The molecule has 1 heterocycles. The van der Waals surface area contributed by atoms with Crippen LogP contribution in [0.15, 0.2) is 47.2 Å². The van der Waals surface area contributed by atoms with E-state index in [9.17, 15) is 4.79 Å². The third kappa shape index (κ3) is 2.87. The molecule has 4 nitrogen and oxygen atoms in total. The Morgan fingerprint density at radius 2 is 2.22 bits per heavy atom. The number of hydrogen-bond donors (Lipinski definition) is 1. The number of rotatable bonds is 3. The Balaban J connectivity index is 2.23. The number of carbonyl (C=O) groups is 1. The highest BCUT2D eigenvalue weighted by atomic mass is 79.9. The van der Waals surface area contributed by atoms with Crippen LogP contribution in [0, 0.1) is 0 Å². The maximum absolute atomic E-state index is 12.1. The molecule has 0 saturated heterocycles. The molecule has 92 valence electrons. The van der Waals surface area contributed by atoms with Gasteiger partial charge in [-0.3, -0.25) is 9.78 Å². The van der Waals surface area contributed by atoms with Gasteiger partial charge in [-0.1, -0.05) is 0 Å². The van der Waals surface area contributed by atoms with Crippen LogP contribution in [0.5, 0.6) is 5.75 Å². The van der Waals surface area contributed by atoms with Crippen molar-refractivity contribution in [1.29, 1.82) is 0 Å². The first-order valence-electron chi connectivity index (χ1n) is 5.25. The molecule has 0 fully saturated rings. The van der Waals surface area contributed by atoms with Gasteiger partial charge < -0.3 is 10.1 Å². The van der Waals surface area contributed by atoms with Crippen molar-refractivity contribution in [2.75, 3.05) is 12.4 Å². The Labute approximate surface area is 113 Å². The first kappa shape index (κ1) is 12.6. The van der Waals surface area contributed by atoms with Crippen LogP contribution >= 0.6 is 15.9 Å². The predicted octanol–water partition coefficient (Wildman–Crippen LogP) is 3.11. The van der Waals surface area contributed by atoms with Gasteiger partial charge in [-0.15, -0.1) is 0 Å². The lowest BCUT2D eigenvalue weighted by atomic mass is 10.2. The van der Waals surface area contributed by atoms with Gasteiger partial charge in [-0.2, -0.15) is 0 Å². The number of aromatic nitrogens is 1. The SMILES string of the molecule is COc1ccc(Br)c(C(=O)Nc2cccnc2)c1. The summed E-state index contributed by atoms with van der Waals surface area (Å²) in [6.07, 6.45) is 3.24. The molecule has 0 bridgehead atoms. The summed E-state index contributed by atoms with van der Waals surface area (Å²) in [4.78, 5) is 16.0. The zero-order valence-corrected chi connectivity index (χ0v) is 11.3. The van der Waals surface area contributed by atoms with Crippen molar-refractivity contribution in [2.24, 2.45) is 0 Å². The standard InChI is InChI=1S/C13H11BrN2O2/c1-18-10-4-5-12(14)11(7-10)13(17)16-9-3-2-6-15-8-9/h2-8H,1H3,(H,16,17). The van der Waals surface area contributed by atoms with Crippen LogP contribution in [0.4, 0.5) is 5.69 Å². The highest BCUT2D eigenvalue weighted by Gasteiger charge is 2.11. The quantitative estimate of drug-likeness (QED) is 0.948. The van der Waals surface area contributed by atoms with Gasteiger partial charge in [0.05, 0.1) is 24.6 Å². The monoisotopic (exact) mass is 306 g/mol. The average Bonchev–Trinajstić information content (AvgIpc) is 2.40. The van der Waals surface area contributed by atoms with E-state index in [1.54, 1.807) is 49.8 Å². The molecule has 18 heavy (non-hydrogen) atoms. The molecule has 0 saturated carbocycles. The Hall–Kier alpha value is -1.88. The van der Waals surface area contributed by atoms with E-state index in [1.807, 2.05) is 0 Å². The molecule has 0 aliphatic rings. The maximum Gasteiger partial charge on any atom is 0.256 e. The first-order valence-corrected chi connectivity index (χ1v) is 6.05. The molecule has 1 amide bonds. The summed E-state index contributed by atoms with van der Waals surface area (Å²) in [5.41, 5.74) is 1.16. The number of amides is 1. The Kier molecular flexibility index (Phi) is 3.94. The zero-order chi connectivity index (χ0) is 13.0. The number of benzene rings is 1. The Morgan fingerprint density at radius 3 is 2.89 bits per heavy atom. The number of halogens is 1. The normalized spacial score (nSPS) is 9.89. The third-order valence-corrected chi connectivity index (χ3v) is 3.03. The molecule has 5 heteroatoms. The number of ether oxygens (including phenoxy) is 1. The van der Waals surface area contributed by atoms with Gasteiger partial charge in [0, 0.05) is 10.7 Å².